The van der Waals surface area contributed by atoms with Crippen molar-refractivity contribution in [2.45, 2.75) is 38.8 Å². The van der Waals surface area contributed by atoms with Crippen LogP contribution in [0.1, 0.15) is 30.9 Å². The van der Waals surface area contributed by atoms with Crippen LogP contribution in [0.4, 0.5) is 10.1 Å². The molecule has 4 rings (SSSR count). The molecule has 2 amide bonds. The third kappa shape index (κ3) is 6.92. The molecule has 0 aromatic heterocycles. The van der Waals surface area contributed by atoms with E-state index in [1.807, 2.05) is 37.3 Å². The van der Waals surface area contributed by atoms with E-state index in [1.165, 1.54) is 12.1 Å². The zero-order valence-electron chi connectivity index (χ0n) is 20.7. The summed E-state index contributed by atoms with van der Waals surface area (Å²) in [5.41, 5.74) is 2.51. The molecule has 0 aliphatic carbocycles. The number of hydrogen-bond acceptors (Lipinski definition) is 4. The Balaban J connectivity index is 1.47. The van der Waals surface area contributed by atoms with Crippen molar-refractivity contribution >= 4 is 34.8 Å². The Labute approximate surface area is 222 Å². The number of nitrogens with zero attached hydrogens (tertiary/aromatic N) is 2. The van der Waals surface area contributed by atoms with Crippen molar-refractivity contribution in [3.8, 4) is 5.75 Å². The molecule has 1 aliphatic rings. The van der Waals surface area contributed by atoms with Crippen molar-refractivity contribution in [3.63, 3.8) is 0 Å². The first-order valence-electron chi connectivity index (χ1n) is 12.4. The molecule has 1 aliphatic heterocycles. The van der Waals surface area contributed by atoms with E-state index in [9.17, 15) is 14.0 Å². The van der Waals surface area contributed by atoms with Crippen LogP contribution in [0.5, 0.6) is 5.75 Å². The molecule has 3 aromatic rings. The summed E-state index contributed by atoms with van der Waals surface area (Å²) in [4.78, 5) is 29.8. The van der Waals surface area contributed by atoms with Crippen LogP contribution in [-0.2, 0) is 22.6 Å². The van der Waals surface area contributed by atoms with Crippen molar-refractivity contribution in [1.82, 2.24) is 9.80 Å². The molecule has 1 atom stereocenters. The number of benzene rings is 3. The van der Waals surface area contributed by atoms with Gasteiger partial charge in [-0.3, -0.25) is 14.5 Å². The van der Waals surface area contributed by atoms with Gasteiger partial charge in [0.25, 0.3) is 5.91 Å². The summed E-state index contributed by atoms with van der Waals surface area (Å²) in [5, 5.41) is 3.24. The molecule has 3 aromatic carbocycles. The van der Waals surface area contributed by atoms with E-state index < -0.39 is 6.04 Å². The van der Waals surface area contributed by atoms with Crippen LogP contribution in [0.25, 0.3) is 0 Å². The highest BCUT2D eigenvalue weighted by atomic mass is 32.1. The lowest BCUT2D eigenvalue weighted by molar-refractivity contribution is -0.130. The van der Waals surface area contributed by atoms with Crippen LogP contribution in [0.15, 0.2) is 78.9 Å². The van der Waals surface area contributed by atoms with Crippen molar-refractivity contribution < 1.29 is 18.7 Å². The first-order valence-corrected chi connectivity index (χ1v) is 12.8. The van der Waals surface area contributed by atoms with Crippen LogP contribution in [0.2, 0.25) is 0 Å². The lowest BCUT2D eigenvalue weighted by Crippen LogP contribution is -2.37. The molecule has 0 bridgehead atoms. The van der Waals surface area contributed by atoms with Crippen LogP contribution in [0, 0.1) is 5.82 Å². The second kappa shape index (κ2) is 12.5. The van der Waals surface area contributed by atoms with Gasteiger partial charge in [-0.25, -0.2) is 4.39 Å². The van der Waals surface area contributed by atoms with Crippen LogP contribution in [0.3, 0.4) is 0 Å². The smallest absolute Gasteiger partial charge is 0.252 e. The average Bonchev–Trinajstić information content (AvgIpc) is 3.12. The Morgan fingerprint density at radius 3 is 2.38 bits per heavy atom. The maximum Gasteiger partial charge on any atom is 0.252 e. The molecule has 0 radical (unpaired) electrons. The fourth-order valence-corrected chi connectivity index (χ4v) is 4.56. The topological polar surface area (TPSA) is 61.9 Å². The van der Waals surface area contributed by atoms with E-state index in [-0.39, 0.29) is 24.1 Å². The van der Waals surface area contributed by atoms with Gasteiger partial charge < -0.3 is 15.0 Å². The van der Waals surface area contributed by atoms with E-state index >= 15 is 0 Å². The number of carbonyl (C=O) groups is 2. The second-order valence-corrected chi connectivity index (χ2v) is 9.27. The highest BCUT2D eigenvalue weighted by Gasteiger charge is 2.43. The van der Waals surface area contributed by atoms with E-state index in [0.717, 1.165) is 23.3 Å². The first kappa shape index (κ1) is 26.3. The molecule has 0 saturated carbocycles. The maximum absolute atomic E-state index is 13.5. The number of hydrogen-bond donors (Lipinski definition) is 1. The summed E-state index contributed by atoms with van der Waals surface area (Å²) in [5.74, 6) is -0.107. The highest BCUT2D eigenvalue weighted by molar-refractivity contribution is 7.80. The summed E-state index contributed by atoms with van der Waals surface area (Å²) in [6, 6.07) is 22.3. The van der Waals surface area contributed by atoms with Gasteiger partial charge in [0.15, 0.2) is 5.11 Å². The number of amides is 2. The number of nitrogens with one attached hydrogen (secondary N) is 1. The number of thiocarbonyl (C=S) groups is 1. The van der Waals surface area contributed by atoms with Crippen molar-refractivity contribution in [3.05, 3.63) is 95.8 Å². The normalized spacial score (nSPS) is 15.2. The van der Waals surface area contributed by atoms with Gasteiger partial charge in [-0.05, 0) is 72.6 Å². The number of ether oxygens (including phenoxy) is 1. The fourth-order valence-electron chi connectivity index (χ4n) is 4.19. The van der Waals surface area contributed by atoms with Gasteiger partial charge in [0.05, 0.1) is 13.0 Å². The molecule has 8 heteroatoms. The SMILES string of the molecule is CCCOc1ccc(NC(=O)CC2C(=O)N(CCc3ccccc3)C(=S)N2Cc2ccc(F)cc2)cc1. The molecular weight excluding hydrogens is 489 g/mol. The zero-order valence-corrected chi connectivity index (χ0v) is 21.5. The highest BCUT2D eigenvalue weighted by Crippen LogP contribution is 2.25. The largest absolute Gasteiger partial charge is 0.494 e. The molecule has 1 saturated heterocycles. The Bertz CT molecular complexity index is 1220. The molecule has 1 heterocycles. The number of halogens is 1. The second-order valence-electron chi connectivity index (χ2n) is 8.90. The van der Waals surface area contributed by atoms with Gasteiger partial charge in [-0.15, -0.1) is 0 Å². The third-order valence-corrected chi connectivity index (χ3v) is 6.58. The summed E-state index contributed by atoms with van der Waals surface area (Å²) < 4.78 is 19.0. The third-order valence-electron chi connectivity index (χ3n) is 6.13. The Kier molecular flexibility index (Phi) is 8.85. The van der Waals surface area contributed by atoms with Crippen molar-refractivity contribution in [2.75, 3.05) is 18.5 Å². The lowest BCUT2D eigenvalue weighted by Gasteiger charge is -2.24. The maximum atomic E-state index is 13.5. The zero-order chi connectivity index (χ0) is 26.2. The molecule has 1 N–H and O–H groups in total. The van der Waals surface area contributed by atoms with Gasteiger partial charge in [-0.2, -0.15) is 0 Å². The lowest BCUT2D eigenvalue weighted by atomic mass is 10.1. The van der Waals surface area contributed by atoms with E-state index in [4.69, 9.17) is 17.0 Å². The standard InChI is InChI=1S/C29H30FN3O3S/c1-2-18-36-25-14-12-24(13-15-25)31-27(34)19-26-28(35)32(17-16-21-6-4-3-5-7-21)29(37)33(26)20-22-8-10-23(30)11-9-22/h3-15,26H,2,16-20H2,1H3,(H,31,34). The Morgan fingerprint density at radius 2 is 1.70 bits per heavy atom. The van der Waals surface area contributed by atoms with E-state index in [0.29, 0.717) is 36.9 Å². The predicted molar refractivity (Wildman–Crippen MR) is 146 cm³/mol. The van der Waals surface area contributed by atoms with Crippen LogP contribution >= 0.6 is 12.2 Å². The van der Waals surface area contributed by atoms with E-state index in [2.05, 4.69) is 5.32 Å². The Hall–Kier alpha value is -3.78. The van der Waals surface area contributed by atoms with Gasteiger partial charge >= 0.3 is 0 Å². The van der Waals surface area contributed by atoms with Crippen molar-refractivity contribution in [1.29, 1.82) is 0 Å². The number of anilines is 1. The van der Waals surface area contributed by atoms with Gasteiger partial charge in [0, 0.05) is 18.8 Å². The monoisotopic (exact) mass is 519 g/mol. The average molecular weight is 520 g/mol. The summed E-state index contributed by atoms with van der Waals surface area (Å²) >= 11 is 5.70. The summed E-state index contributed by atoms with van der Waals surface area (Å²) in [7, 11) is 0. The van der Waals surface area contributed by atoms with Crippen molar-refractivity contribution in [2.24, 2.45) is 0 Å². The number of carbonyl (C=O) groups excluding carboxylic acids is 2. The molecule has 6 nitrogen and oxygen atoms in total. The molecule has 1 unspecified atom stereocenters. The van der Waals surface area contributed by atoms with Gasteiger partial charge in [0.1, 0.15) is 17.6 Å². The molecule has 37 heavy (non-hydrogen) atoms. The molecule has 1 fully saturated rings. The minimum absolute atomic E-state index is 0.0594. The predicted octanol–water partition coefficient (Wildman–Crippen LogP) is 5.18. The van der Waals surface area contributed by atoms with Gasteiger partial charge in [-0.1, -0.05) is 49.4 Å². The van der Waals surface area contributed by atoms with Crippen LogP contribution < -0.4 is 10.1 Å². The van der Waals surface area contributed by atoms with Crippen LogP contribution in [-0.4, -0.2) is 45.9 Å². The summed E-state index contributed by atoms with van der Waals surface area (Å²) in [6.45, 7) is 3.37. The Morgan fingerprint density at radius 1 is 1.00 bits per heavy atom. The van der Waals surface area contributed by atoms with Gasteiger partial charge in [0.2, 0.25) is 5.91 Å². The first-order chi connectivity index (χ1) is 17.9. The summed E-state index contributed by atoms with van der Waals surface area (Å²) in [6.07, 6.45) is 1.49. The quantitative estimate of drug-likeness (QED) is 0.354. The fraction of sp³-hybridized carbons (Fsp3) is 0.276. The molecular formula is C29H30FN3O3S. The number of rotatable bonds is 11. The molecule has 0 spiro atoms. The van der Waals surface area contributed by atoms with E-state index in [1.54, 1.807) is 46.2 Å². The minimum Gasteiger partial charge on any atom is -0.494 e. The molecule has 192 valence electrons. The minimum atomic E-state index is -0.750.